The molecule has 0 aromatic carbocycles. The second-order valence-electron chi connectivity index (χ2n) is 6.07. The van der Waals surface area contributed by atoms with Crippen LogP contribution in [-0.2, 0) is 0 Å². The average molecular weight is 234 g/mol. The zero-order chi connectivity index (χ0) is 12.7. The Morgan fingerprint density at radius 1 is 1.18 bits per heavy atom. The summed E-state index contributed by atoms with van der Waals surface area (Å²) in [6.45, 7) is 11.0. The monoisotopic (exact) mass is 234 g/mol. The molecule has 98 valence electrons. The molecule has 0 heterocycles. The molecule has 0 bridgehead atoms. The summed E-state index contributed by atoms with van der Waals surface area (Å²) in [5, 5.41) is 0. The highest BCUT2D eigenvalue weighted by molar-refractivity contribution is 5.03. The van der Waals surface area contributed by atoms with Crippen molar-refractivity contribution in [3.05, 3.63) is 23.8 Å². The van der Waals surface area contributed by atoms with Crippen LogP contribution in [0.3, 0.4) is 0 Å². The lowest BCUT2D eigenvalue weighted by molar-refractivity contribution is 0.438. The molecule has 0 spiro atoms. The summed E-state index contributed by atoms with van der Waals surface area (Å²) in [6, 6.07) is 0. The number of rotatable bonds is 5. The van der Waals surface area contributed by atoms with E-state index >= 15 is 0 Å². The molecule has 1 saturated carbocycles. The van der Waals surface area contributed by atoms with Gasteiger partial charge in [0, 0.05) is 0 Å². The van der Waals surface area contributed by atoms with Gasteiger partial charge in [0.05, 0.1) is 0 Å². The Labute approximate surface area is 108 Å². The molecule has 2 atom stereocenters. The topological polar surface area (TPSA) is 0 Å². The van der Waals surface area contributed by atoms with Crippen LogP contribution in [0.15, 0.2) is 23.8 Å². The molecule has 0 radical (unpaired) electrons. The minimum atomic E-state index is 0.929. The van der Waals surface area contributed by atoms with E-state index in [1.54, 1.807) is 0 Å². The van der Waals surface area contributed by atoms with Crippen LogP contribution in [0.2, 0.25) is 0 Å². The van der Waals surface area contributed by atoms with Crippen molar-refractivity contribution in [3.63, 3.8) is 0 Å². The Balaban J connectivity index is 2.25. The molecular formula is C17H30. The van der Waals surface area contributed by atoms with Gasteiger partial charge in [-0.3, -0.25) is 0 Å². The molecule has 0 nitrogen and oxygen atoms in total. The summed E-state index contributed by atoms with van der Waals surface area (Å²) >= 11 is 0. The van der Waals surface area contributed by atoms with Gasteiger partial charge in [-0.25, -0.2) is 0 Å². The van der Waals surface area contributed by atoms with E-state index in [4.69, 9.17) is 0 Å². The highest BCUT2D eigenvalue weighted by Gasteiger charge is 2.16. The standard InChI is InChI=1S/C17H30/c1-5-14(2)9-10-16(4)13-17-8-6-7-15(3)11-12-17/h5,15,17H,4,6-13H2,1-3H3. The molecule has 1 fully saturated rings. The normalized spacial score (nSPS) is 26.6. The van der Waals surface area contributed by atoms with Gasteiger partial charge >= 0.3 is 0 Å². The van der Waals surface area contributed by atoms with Gasteiger partial charge in [-0.2, -0.15) is 0 Å². The summed E-state index contributed by atoms with van der Waals surface area (Å²) in [4.78, 5) is 0. The van der Waals surface area contributed by atoms with E-state index in [0.29, 0.717) is 0 Å². The zero-order valence-corrected chi connectivity index (χ0v) is 12.1. The Kier molecular flexibility index (Phi) is 6.62. The summed E-state index contributed by atoms with van der Waals surface area (Å²) < 4.78 is 0. The van der Waals surface area contributed by atoms with Crippen LogP contribution in [0.1, 0.15) is 72.1 Å². The molecule has 1 rings (SSSR count). The van der Waals surface area contributed by atoms with Gasteiger partial charge in [-0.15, -0.1) is 0 Å². The molecule has 0 aromatic heterocycles. The van der Waals surface area contributed by atoms with E-state index in [1.807, 2.05) is 0 Å². The maximum atomic E-state index is 4.28. The van der Waals surface area contributed by atoms with Crippen molar-refractivity contribution >= 4 is 0 Å². The lowest BCUT2D eigenvalue weighted by atomic mass is 9.90. The first-order chi connectivity index (χ1) is 8.11. The minimum absolute atomic E-state index is 0.929. The number of allylic oxidation sites excluding steroid dienone is 3. The molecule has 0 aromatic rings. The zero-order valence-electron chi connectivity index (χ0n) is 12.1. The summed E-state index contributed by atoms with van der Waals surface area (Å²) in [5.74, 6) is 1.89. The first-order valence-corrected chi connectivity index (χ1v) is 7.40. The second-order valence-corrected chi connectivity index (χ2v) is 6.07. The van der Waals surface area contributed by atoms with Crippen molar-refractivity contribution < 1.29 is 0 Å². The van der Waals surface area contributed by atoms with Gasteiger partial charge in [0.2, 0.25) is 0 Å². The average Bonchev–Trinajstić information content (AvgIpc) is 2.51. The highest BCUT2D eigenvalue weighted by Crippen LogP contribution is 2.31. The first-order valence-electron chi connectivity index (χ1n) is 7.40. The van der Waals surface area contributed by atoms with Gasteiger partial charge in [-0.05, 0) is 51.4 Å². The van der Waals surface area contributed by atoms with Crippen LogP contribution >= 0.6 is 0 Å². The molecule has 0 aliphatic heterocycles. The smallest absolute Gasteiger partial charge is 0.0286 e. The van der Waals surface area contributed by atoms with Crippen LogP contribution in [0.25, 0.3) is 0 Å². The summed E-state index contributed by atoms with van der Waals surface area (Å²) in [5.41, 5.74) is 2.98. The highest BCUT2D eigenvalue weighted by atomic mass is 14.2. The van der Waals surface area contributed by atoms with Crippen molar-refractivity contribution in [2.45, 2.75) is 72.1 Å². The number of hydrogen-bond donors (Lipinski definition) is 0. The lowest BCUT2D eigenvalue weighted by Gasteiger charge is -2.16. The second kappa shape index (κ2) is 7.74. The van der Waals surface area contributed by atoms with Crippen molar-refractivity contribution in [1.29, 1.82) is 0 Å². The van der Waals surface area contributed by atoms with Crippen molar-refractivity contribution in [2.24, 2.45) is 11.8 Å². The predicted molar refractivity (Wildman–Crippen MR) is 78.2 cm³/mol. The van der Waals surface area contributed by atoms with E-state index in [1.165, 1.54) is 62.5 Å². The van der Waals surface area contributed by atoms with E-state index < -0.39 is 0 Å². The third-order valence-electron chi connectivity index (χ3n) is 4.32. The minimum Gasteiger partial charge on any atom is -0.0998 e. The quantitative estimate of drug-likeness (QED) is 0.410. The Bertz CT molecular complexity index is 259. The van der Waals surface area contributed by atoms with Crippen LogP contribution < -0.4 is 0 Å². The Morgan fingerprint density at radius 2 is 1.94 bits per heavy atom. The van der Waals surface area contributed by atoms with Crippen molar-refractivity contribution in [3.8, 4) is 0 Å². The molecular weight excluding hydrogens is 204 g/mol. The lowest BCUT2D eigenvalue weighted by Crippen LogP contribution is -2.01. The fourth-order valence-electron chi connectivity index (χ4n) is 2.80. The van der Waals surface area contributed by atoms with E-state index in [0.717, 1.165) is 11.8 Å². The SMILES string of the molecule is C=C(CCC(C)=CC)CC1CCCC(C)CC1. The Morgan fingerprint density at radius 3 is 2.65 bits per heavy atom. The third-order valence-corrected chi connectivity index (χ3v) is 4.32. The predicted octanol–water partition coefficient (Wildman–Crippen LogP) is 5.90. The first kappa shape index (κ1) is 14.5. The van der Waals surface area contributed by atoms with Crippen molar-refractivity contribution in [1.82, 2.24) is 0 Å². The maximum Gasteiger partial charge on any atom is -0.0286 e. The molecule has 0 heteroatoms. The molecule has 1 aliphatic carbocycles. The van der Waals surface area contributed by atoms with Crippen LogP contribution in [0.4, 0.5) is 0 Å². The van der Waals surface area contributed by atoms with E-state index in [-0.39, 0.29) is 0 Å². The van der Waals surface area contributed by atoms with E-state index in [9.17, 15) is 0 Å². The fourth-order valence-corrected chi connectivity index (χ4v) is 2.80. The summed E-state index contributed by atoms with van der Waals surface area (Å²) in [7, 11) is 0. The van der Waals surface area contributed by atoms with Crippen molar-refractivity contribution in [2.75, 3.05) is 0 Å². The Hall–Kier alpha value is -0.520. The largest absolute Gasteiger partial charge is 0.0998 e. The van der Waals surface area contributed by atoms with Gasteiger partial charge < -0.3 is 0 Å². The molecule has 0 amide bonds. The van der Waals surface area contributed by atoms with Crippen LogP contribution in [0.5, 0.6) is 0 Å². The molecule has 0 saturated heterocycles. The van der Waals surface area contributed by atoms with Crippen LogP contribution in [-0.4, -0.2) is 0 Å². The molecule has 0 N–H and O–H groups in total. The van der Waals surface area contributed by atoms with Gasteiger partial charge in [-0.1, -0.05) is 56.4 Å². The summed E-state index contributed by atoms with van der Waals surface area (Å²) in [6.07, 6.45) is 13.1. The molecule has 1 aliphatic rings. The maximum absolute atomic E-state index is 4.28. The van der Waals surface area contributed by atoms with Gasteiger partial charge in [0.15, 0.2) is 0 Å². The fraction of sp³-hybridized carbons (Fsp3) is 0.765. The number of hydrogen-bond acceptors (Lipinski definition) is 0. The van der Waals surface area contributed by atoms with E-state index in [2.05, 4.69) is 33.4 Å². The molecule has 17 heavy (non-hydrogen) atoms. The third kappa shape index (κ3) is 6.10. The van der Waals surface area contributed by atoms with Crippen LogP contribution in [0, 0.1) is 11.8 Å². The van der Waals surface area contributed by atoms with Gasteiger partial charge in [0.25, 0.3) is 0 Å². The molecule has 2 unspecified atom stereocenters. The van der Waals surface area contributed by atoms with Gasteiger partial charge in [0.1, 0.15) is 0 Å².